The minimum absolute atomic E-state index is 0.116. The molecule has 4 rings (SSSR count). The fourth-order valence-corrected chi connectivity index (χ4v) is 3.64. The molecule has 0 aliphatic heterocycles. The Hall–Kier alpha value is -3.17. The third-order valence-electron chi connectivity index (χ3n) is 4.58. The summed E-state index contributed by atoms with van der Waals surface area (Å²) in [5.41, 5.74) is 3.34. The number of aromatic amines is 1. The molecule has 2 aromatic heterocycles. The second-order valence-electron chi connectivity index (χ2n) is 6.61. The lowest BCUT2D eigenvalue weighted by Gasteiger charge is -2.09. The number of anilines is 1. The number of carbonyl (C=O) groups excluding carboxylic acids is 1. The van der Waals surface area contributed by atoms with Gasteiger partial charge >= 0.3 is 0 Å². The van der Waals surface area contributed by atoms with Crippen LogP contribution in [-0.4, -0.2) is 36.5 Å². The van der Waals surface area contributed by atoms with Crippen molar-refractivity contribution in [3.8, 4) is 11.3 Å². The number of aryl methyl sites for hydroxylation is 1. The standard InChI is InChI=1S/C20H17ClN6O2S/c1-11-4-3-5-15(12(11)2)22-16(28)10-30-20-25-24-19-23-18(29)17(26-27(19)20)13-6-8-14(21)9-7-13/h3-9H,10H2,1-2H3,(H,22,28)(H,23,24,29). The molecule has 0 unspecified atom stereocenters. The molecule has 0 aliphatic rings. The maximum Gasteiger partial charge on any atom is 0.279 e. The van der Waals surface area contributed by atoms with Crippen LogP contribution in [0.15, 0.2) is 52.4 Å². The van der Waals surface area contributed by atoms with E-state index in [4.69, 9.17) is 11.6 Å². The zero-order chi connectivity index (χ0) is 21.3. The highest BCUT2D eigenvalue weighted by molar-refractivity contribution is 7.99. The van der Waals surface area contributed by atoms with Crippen molar-refractivity contribution in [2.75, 3.05) is 11.1 Å². The Morgan fingerprint density at radius 1 is 1.17 bits per heavy atom. The molecule has 0 fully saturated rings. The lowest BCUT2D eigenvalue weighted by atomic mass is 10.1. The first-order chi connectivity index (χ1) is 14.4. The van der Waals surface area contributed by atoms with E-state index >= 15 is 0 Å². The molecular weight excluding hydrogens is 424 g/mol. The third-order valence-corrected chi connectivity index (χ3v) is 5.75. The summed E-state index contributed by atoms with van der Waals surface area (Å²) in [4.78, 5) is 27.4. The molecule has 4 aromatic rings. The summed E-state index contributed by atoms with van der Waals surface area (Å²) in [6.45, 7) is 3.95. The van der Waals surface area contributed by atoms with Crippen molar-refractivity contribution < 1.29 is 4.79 Å². The Balaban J connectivity index is 1.55. The number of nitrogens with one attached hydrogen (secondary N) is 2. The number of hydrogen-bond donors (Lipinski definition) is 2. The molecule has 1 amide bonds. The topological polar surface area (TPSA) is 105 Å². The first-order valence-electron chi connectivity index (χ1n) is 9.03. The van der Waals surface area contributed by atoms with Gasteiger partial charge in [0.1, 0.15) is 0 Å². The first-order valence-corrected chi connectivity index (χ1v) is 10.4. The fraction of sp³-hybridized carbons (Fsp3) is 0.150. The summed E-state index contributed by atoms with van der Waals surface area (Å²) in [5.74, 6) is 0.147. The van der Waals surface area contributed by atoms with Crippen molar-refractivity contribution >= 4 is 40.7 Å². The number of carbonyl (C=O) groups is 1. The maximum absolute atomic E-state index is 12.4. The van der Waals surface area contributed by atoms with Gasteiger partial charge in [-0.2, -0.15) is 9.61 Å². The van der Waals surface area contributed by atoms with E-state index < -0.39 is 0 Å². The quantitative estimate of drug-likeness (QED) is 0.460. The van der Waals surface area contributed by atoms with Crippen molar-refractivity contribution in [1.82, 2.24) is 24.8 Å². The summed E-state index contributed by atoms with van der Waals surface area (Å²) < 4.78 is 1.42. The van der Waals surface area contributed by atoms with Gasteiger partial charge in [0.2, 0.25) is 11.1 Å². The first kappa shape index (κ1) is 20.1. The van der Waals surface area contributed by atoms with Gasteiger partial charge in [0.05, 0.1) is 5.75 Å². The lowest BCUT2D eigenvalue weighted by Crippen LogP contribution is -2.17. The molecule has 10 heteroatoms. The molecule has 2 heterocycles. The van der Waals surface area contributed by atoms with Crippen LogP contribution in [0.4, 0.5) is 5.69 Å². The monoisotopic (exact) mass is 440 g/mol. The number of benzene rings is 2. The van der Waals surface area contributed by atoms with E-state index in [1.807, 2.05) is 32.0 Å². The number of nitrogens with zero attached hydrogens (tertiary/aromatic N) is 4. The van der Waals surface area contributed by atoms with Crippen molar-refractivity contribution in [1.29, 1.82) is 0 Å². The molecule has 152 valence electrons. The highest BCUT2D eigenvalue weighted by Gasteiger charge is 2.15. The van der Waals surface area contributed by atoms with Crippen LogP contribution in [0.1, 0.15) is 11.1 Å². The zero-order valence-corrected chi connectivity index (χ0v) is 17.7. The van der Waals surface area contributed by atoms with Crippen LogP contribution in [0, 0.1) is 13.8 Å². The number of rotatable bonds is 5. The Labute approximate surface area is 180 Å². The molecule has 0 radical (unpaired) electrons. The van der Waals surface area contributed by atoms with Crippen LogP contribution in [-0.2, 0) is 4.79 Å². The average Bonchev–Trinajstić information content (AvgIpc) is 3.11. The number of aromatic nitrogens is 5. The van der Waals surface area contributed by atoms with Crippen LogP contribution in [0.3, 0.4) is 0 Å². The average molecular weight is 441 g/mol. The van der Waals surface area contributed by atoms with Gasteiger partial charge in [0.25, 0.3) is 11.3 Å². The predicted molar refractivity (Wildman–Crippen MR) is 117 cm³/mol. The van der Waals surface area contributed by atoms with Crippen LogP contribution < -0.4 is 10.9 Å². The molecule has 2 N–H and O–H groups in total. The van der Waals surface area contributed by atoms with Crippen molar-refractivity contribution in [3.05, 3.63) is 69.0 Å². The van der Waals surface area contributed by atoms with Crippen LogP contribution in [0.2, 0.25) is 5.02 Å². The smallest absolute Gasteiger partial charge is 0.279 e. The third kappa shape index (κ3) is 4.07. The Morgan fingerprint density at radius 2 is 1.93 bits per heavy atom. The number of halogens is 1. The number of hydrogen-bond acceptors (Lipinski definition) is 6. The minimum atomic E-state index is -0.388. The number of fused-ring (bicyclic) bond motifs is 1. The molecule has 0 saturated heterocycles. The molecule has 30 heavy (non-hydrogen) atoms. The van der Waals surface area contributed by atoms with E-state index in [1.165, 1.54) is 16.3 Å². The Bertz CT molecular complexity index is 1300. The van der Waals surface area contributed by atoms with Gasteiger partial charge in [-0.1, -0.05) is 47.6 Å². The van der Waals surface area contributed by atoms with Crippen LogP contribution >= 0.6 is 23.4 Å². The van der Waals surface area contributed by atoms with Crippen molar-refractivity contribution in [3.63, 3.8) is 0 Å². The summed E-state index contributed by atoms with van der Waals surface area (Å²) in [6.07, 6.45) is 0. The highest BCUT2D eigenvalue weighted by atomic mass is 35.5. The van der Waals surface area contributed by atoms with E-state index in [2.05, 4.69) is 25.6 Å². The molecule has 0 aliphatic carbocycles. The zero-order valence-electron chi connectivity index (χ0n) is 16.1. The van der Waals surface area contributed by atoms with Gasteiger partial charge in [-0.25, -0.2) is 0 Å². The van der Waals surface area contributed by atoms with Crippen molar-refractivity contribution in [2.24, 2.45) is 0 Å². The lowest BCUT2D eigenvalue weighted by molar-refractivity contribution is -0.113. The van der Waals surface area contributed by atoms with Gasteiger partial charge in [0, 0.05) is 16.3 Å². The van der Waals surface area contributed by atoms with Crippen LogP contribution in [0.25, 0.3) is 17.0 Å². The van der Waals surface area contributed by atoms with E-state index in [-0.39, 0.29) is 28.7 Å². The number of H-pyrrole nitrogens is 1. The van der Waals surface area contributed by atoms with Crippen molar-refractivity contribution in [2.45, 2.75) is 19.0 Å². The van der Waals surface area contributed by atoms with Gasteiger partial charge in [-0.05, 0) is 43.2 Å². The van der Waals surface area contributed by atoms with E-state index in [0.717, 1.165) is 16.8 Å². The molecule has 0 atom stereocenters. The van der Waals surface area contributed by atoms with Crippen LogP contribution in [0.5, 0.6) is 0 Å². The summed E-state index contributed by atoms with van der Waals surface area (Å²) in [6, 6.07) is 12.5. The molecule has 0 spiro atoms. The van der Waals surface area contributed by atoms with Gasteiger partial charge in [-0.15, -0.1) is 10.2 Å². The normalized spacial score (nSPS) is 11.0. The van der Waals surface area contributed by atoms with E-state index in [9.17, 15) is 9.59 Å². The summed E-state index contributed by atoms with van der Waals surface area (Å²) >= 11 is 7.09. The summed E-state index contributed by atoms with van der Waals surface area (Å²) in [5, 5.41) is 16.2. The highest BCUT2D eigenvalue weighted by Crippen LogP contribution is 2.21. The molecule has 2 aromatic carbocycles. The summed E-state index contributed by atoms with van der Waals surface area (Å²) in [7, 11) is 0. The minimum Gasteiger partial charge on any atom is -0.325 e. The van der Waals surface area contributed by atoms with E-state index in [1.54, 1.807) is 24.3 Å². The second-order valence-corrected chi connectivity index (χ2v) is 7.99. The predicted octanol–water partition coefficient (Wildman–Crippen LogP) is 3.48. The second kappa shape index (κ2) is 8.29. The number of amides is 1. The van der Waals surface area contributed by atoms with E-state index in [0.29, 0.717) is 15.7 Å². The molecule has 0 saturated carbocycles. The Kier molecular flexibility index (Phi) is 5.56. The fourth-order valence-electron chi connectivity index (χ4n) is 2.83. The SMILES string of the molecule is Cc1cccc(NC(=O)CSc2nnc3[nH]c(=O)c(-c4ccc(Cl)cc4)nn23)c1C. The maximum atomic E-state index is 12.4. The molecular formula is C20H17ClN6O2S. The molecule has 8 nitrogen and oxygen atoms in total. The van der Waals surface area contributed by atoms with Gasteiger partial charge in [0.15, 0.2) is 5.69 Å². The Morgan fingerprint density at radius 3 is 2.70 bits per heavy atom. The molecule has 0 bridgehead atoms. The van der Waals surface area contributed by atoms with Gasteiger partial charge < -0.3 is 5.32 Å². The largest absolute Gasteiger partial charge is 0.325 e. The number of thioether (sulfide) groups is 1. The van der Waals surface area contributed by atoms with Gasteiger partial charge in [-0.3, -0.25) is 14.6 Å².